The smallest absolute Gasteiger partial charge is 0.321 e. The van der Waals surface area contributed by atoms with E-state index in [4.69, 9.17) is 9.47 Å². The number of para-hydroxylation sites is 1. The molecule has 0 aliphatic carbocycles. The zero-order chi connectivity index (χ0) is 21.6. The highest BCUT2D eigenvalue weighted by molar-refractivity contribution is 6.12. The van der Waals surface area contributed by atoms with Crippen molar-refractivity contribution in [2.24, 2.45) is 0 Å². The summed E-state index contributed by atoms with van der Waals surface area (Å²) in [5.74, 6) is -1.40. The van der Waals surface area contributed by atoms with Crippen LogP contribution in [0, 0.1) is 0 Å². The lowest BCUT2D eigenvalue weighted by atomic mass is 9.91. The molecule has 6 nitrogen and oxygen atoms in total. The summed E-state index contributed by atoms with van der Waals surface area (Å²) in [5, 5.41) is 1.07. The molecule has 0 saturated carbocycles. The van der Waals surface area contributed by atoms with Crippen LogP contribution in [0.4, 0.5) is 0 Å². The molecule has 0 aliphatic rings. The second-order valence-corrected chi connectivity index (χ2v) is 6.91. The largest absolute Gasteiger partial charge is 0.487 e. The molecule has 0 N–H and O–H groups in total. The van der Waals surface area contributed by atoms with E-state index < -0.39 is 11.9 Å². The van der Waals surface area contributed by atoms with Gasteiger partial charge in [-0.3, -0.25) is 14.6 Å². The van der Waals surface area contributed by atoms with Crippen LogP contribution in [-0.2, 0) is 16.1 Å². The summed E-state index contributed by atoms with van der Waals surface area (Å²) in [5.41, 5.74) is 2.65. The quantitative estimate of drug-likeness (QED) is 0.255. The van der Waals surface area contributed by atoms with Gasteiger partial charge in [0, 0.05) is 23.3 Å². The molecule has 154 valence electrons. The van der Waals surface area contributed by atoms with E-state index in [9.17, 15) is 9.59 Å². The first-order valence-electron chi connectivity index (χ1n) is 9.75. The third kappa shape index (κ3) is 4.59. The van der Waals surface area contributed by atoms with Gasteiger partial charge in [-0.2, -0.15) is 0 Å². The van der Waals surface area contributed by atoms with Crippen molar-refractivity contribution in [2.75, 3.05) is 7.11 Å². The number of rotatable bonds is 7. The van der Waals surface area contributed by atoms with Crippen LogP contribution in [0.3, 0.4) is 0 Å². The minimum Gasteiger partial charge on any atom is -0.487 e. The fourth-order valence-electron chi connectivity index (χ4n) is 3.30. The number of hydrogen-bond donors (Lipinski definition) is 0. The number of pyridine rings is 2. The van der Waals surface area contributed by atoms with Gasteiger partial charge < -0.3 is 9.47 Å². The summed E-state index contributed by atoms with van der Waals surface area (Å²) >= 11 is 0. The Balaban J connectivity index is 1.49. The average Bonchev–Trinajstić information content (AvgIpc) is 2.84. The van der Waals surface area contributed by atoms with Crippen molar-refractivity contribution in [3.8, 4) is 5.75 Å². The molecule has 0 radical (unpaired) electrons. The van der Waals surface area contributed by atoms with Crippen molar-refractivity contribution in [2.45, 2.75) is 12.5 Å². The Morgan fingerprint density at radius 3 is 2.39 bits per heavy atom. The minimum absolute atomic E-state index is 0.306. The summed E-state index contributed by atoms with van der Waals surface area (Å²) in [6.07, 6.45) is 3.03. The lowest BCUT2D eigenvalue weighted by Gasteiger charge is -2.15. The molecule has 2 heterocycles. The predicted molar refractivity (Wildman–Crippen MR) is 116 cm³/mol. The van der Waals surface area contributed by atoms with E-state index in [0.29, 0.717) is 23.5 Å². The number of aromatic nitrogens is 2. The number of ketones is 1. The fraction of sp³-hybridized carbons (Fsp3) is 0.120. The highest BCUT2D eigenvalue weighted by Gasteiger charge is 2.30. The molecular weight excluding hydrogens is 392 g/mol. The van der Waals surface area contributed by atoms with Crippen LogP contribution in [-0.4, -0.2) is 28.8 Å². The standard InChI is InChI=1S/C25H20N2O4/c1-30-25(29)23(24(28)19-12-14-26-15-13-19)18-7-10-21(11-8-18)31-16-20-9-6-17-4-2-3-5-22(17)27-20/h2-15,23H,16H2,1H3. The molecule has 0 aliphatic heterocycles. The number of carbonyl (C=O) groups is 2. The normalized spacial score (nSPS) is 11.6. The Hall–Kier alpha value is -4.06. The third-order valence-electron chi connectivity index (χ3n) is 4.92. The molecule has 4 rings (SSSR count). The Morgan fingerprint density at radius 1 is 0.903 bits per heavy atom. The van der Waals surface area contributed by atoms with Gasteiger partial charge in [0.1, 0.15) is 18.3 Å². The van der Waals surface area contributed by atoms with Gasteiger partial charge in [-0.15, -0.1) is 0 Å². The van der Waals surface area contributed by atoms with E-state index in [2.05, 4.69) is 9.97 Å². The molecule has 0 amide bonds. The zero-order valence-electron chi connectivity index (χ0n) is 16.9. The van der Waals surface area contributed by atoms with Gasteiger partial charge in [0.2, 0.25) is 0 Å². The van der Waals surface area contributed by atoms with Gasteiger partial charge in [0.15, 0.2) is 5.78 Å². The zero-order valence-corrected chi connectivity index (χ0v) is 16.9. The van der Waals surface area contributed by atoms with E-state index >= 15 is 0 Å². The third-order valence-corrected chi connectivity index (χ3v) is 4.92. The van der Waals surface area contributed by atoms with Crippen LogP contribution >= 0.6 is 0 Å². The SMILES string of the molecule is COC(=O)C(C(=O)c1ccncc1)c1ccc(OCc2ccc3ccccc3n2)cc1. The molecule has 2 aromatic heterocycles. The Bertz CT molecular complexity index is 1210. The van der Waals surface area contributed by atoms with Crippen molar-refractivity contribution in [3.63, 3.8) is 0 Å². The first kappa shape index (κ1) is 20.2. The van der Waals surface area contributed by atoms with Crippen molar-refractivity contribution in [1.29, 1.82) is 0 Å². The van der Waals surface area contributed by atoms with Crippen molar-refractivity contribution < 1.29 is 19.1 Å². The van der Waals surface area contributed by atoms with Crippen LogP contribution in [0.15, 0.2) is 85.2 Å². The fourth-order valence-corrected chi connectivity index (χ4v) is 3.30. The molecule has 0 spiro atoms. The average molecular weight is 412 g/mol. The lowest BCUT2D eigenvalue weighted by molar-refractivity contribution is -0.141. The molecule has 0 saturated heterocycles. The van der Waals surface area contributed by atoms with Crippen molar-refractivity contribution in [1.82, 2.24) is 9.97 Å². The monoisotopic (exact) mass is 412 g/mol. The number of nitrogens with zero attached hydrogens (tertiary/aromatic N) is 2. The lowest BCUT2D eigenvalue weighted by Crippen LogP contribution is -2.23. The maximum absolute atomic E-state index is 12.9. The van der Waals surface area contributed by atoms with E-state index in [-0.39, 0.29) is 5.78 Å². The predicted octanol–water partition coefficient (Wildman–Crippen LogP) is 4.35. The van der Waals surface area contributed by atoms with Crippen molar-refractivity contribution >= 4 is 22.7 Å². The van der Waals surface area contributed by atoms with Gasteiger partial charge in [-0.1, -0.05) is 36.4 Å². The maximum atomic E-state index is 12.9. The number of ether oxygens (including phenoxy) is 2. The second-order valence-electron chi connectivity index (χ2n) is 6.91. The number of methoxy groups -OCH3 is 1. The van der Waals surface area contributed by atoms with E-state index in [0.717, 1.165) is 16.6 Å². The van der Waals surface area contributed by atoms with Crippen LogP contribution in [0.25, 0.3) is 10.9 Å². The van der Waals surface area contributed by atoms with E-state index in [1.807, 2.05) is 36.4 Å². The number of benzene rings is 2. The van der Waals surface area contributed by atoms with Gasteiger partial charge in [0.05, 0.1) is 18.3 Å². The molecule has 0 bridgehead atoms. The molecule has 0 fully saturated rings. The van der Waals surface area contributed by atoms with Gasteiger partial charge in [-0.05, 0) is 42.0 Å². The minimum atomic E-state index is -1.05. The summed E-state index contributed by atoms with van der Waals surface area (Å²) in [6, 6.07) is 21.8. The van der Waals surface area contributed by atoms with Crippen LogP contribution in [0.2, 0.25) is 0 Å². The Kier molecular flexibility index (Phi) is 5.98. The summed E-state index contributed by atoms with van der Waals surface area (Å²) in [6.45, 7) is 0.306. The molecule has 1 atom stereocenters. The second kappa shape index (κ2) is 9.17. The highest BCUT2D eigenvalue weighted by atomic mass is 16.5. The number of hydrogen-bond acceptors (Lipinski definition) is 6. The first-order valence-corrected chi connectivity index (χ1v) is 9.75. The van der Waals surface area contributed by atoms with Crippen LogP contribution < -0.4 is 4.74 Å². The topological polar surface area (TPSA) is 78.4 Å². The Labute approximate surface area is 179 Å². The van der Waals surface area contributed by atoms with Crippen LogP contribution in [0.1, 0.15) is 27.5 Å². The molecule has 1 unspecified atom stereocenters. The van der Waals surface area contributed by atoms with E-state index in [1.54, 1.807) is 36.4 Å². The number of fused-ring (bicyclic) bond motifs is 1. The molecule has 4 aromatic rings. The summed E-state index contributed by atoms with van der Waals surface area (Å²) < 4.78 is 10.7. The van der Waals surface area contributed by atoms with E-state index in [1.165, 1.54) is 19.5 Å². The first-order chi connectivity index (χ1) is 15.2. The summed E-state index contributed by atoms with van der Waals surface area (Å²) in [4.78, 5) is 33.7. The van der Waals surface area contributed by atoms with Gasteiger partial charge >= 0.3 is 5.97 Å². The Morgan fingerprint density at radius 2 is 1.65 bits per heavy atom. The highest BCUT2D eigenvalue weighted by Crippen LogP contribution is 2.25. The van der Waals surface area contributed by atoms with Gasteiger partial charge in [0.25, 0.3) is 0 Å². The molecule has 6 heteroatoms. The molecular formula is C25H20N2O4. The summed E-state index contributed by atoms with van der Waals surface area (Å²) in [7, 11) is 1.27. The number of carbonyl (C=O) groups excluding carboxylic acids is 2. The maximum Gasteiger partial charge on any atom is 0.321 e. The molecule has 2 aromatic carbocycles. The van der Waals surface area contributed by atoms with Gasteiger partial charge in [-0.25, -0.2) is 4.98 Å². The van der Waals surface area contributed by atoms with Crippen LogP contribution in [0.5, 0.6) is 5.75 Å². The molecule has 31 heavy (non-hydrogen) atoms. The van der Waals surface area contributed by atoms with Crippen molar-refractivity contribution in [3.05, 3.63) is 102 Å². The number of Topliss-reactive ketones (excluding diaryl/α,β-unsaturated/α-hetero) is 1. The number of esters is 1.